The molecule has 0 spiro atoms. The molecule has 0 amide bonds. The molecule has 224 valence electrons. The standard InChI is InChI=1S/C31H27N5O6S2.Na/c1-2-36(21-22-10-16-26(17-11-22)43(37,38)39)25-14-12-23(13-15-25)32-34-30-18-19-31(29-9-4-3-8-28(29)30)35-33-24-6-5-7-27(20-24)44(40,41)42;/h3-20H,2,21H2,1H3,(H,37,38,39)(H,40,41,42);/q;+1. The van der Waals surface area contributed by atoms with Gasteiger partial charge in [0.05, 0.1) is 32.5 Å². The summed E-state index contributed by atoms with van der Waals surface area (Å²) in [5, 5.41) is 18.9. The predicted octanol–water partition coefficient (Wildman–Crippen LogP) is 5.19. The monoisotopic (exact) mass is 652 g/mol. The van der Waals surface area contributed by atoms with Crippen LogP contribution in [-0.4, -0.2) is 32.5 Å². The molecule has 0 saturated heterocycles. The summed E-state index contributed by atoms with van der Waals surface area (Å²) in [7, 11) is -8.59. The number of nitrogens with zero attached hydrogens (tertiary/aromatic N) is 5. The number of rotatable bonds is 10. The summed E-state index contributed by atoms with van der Waals surface area (Å²) in [6.45, 7) is 3.28. The normalized spacial score (nSPS) is 12.1. The Morgan fingerprint density at radius 1 is 0.600 bits per heavy atom. The maximum atomic E-state index is 11.4. The molecule has 0 atom stereocenters. The fraction of sp³-hybridized carbons (Fsp3) is 0.0968. The van der Waals surface area contributed by atoms with Crippen molar-refractivity contribution in [2.24, 2.45) is 20.5 Å². The fourth-order valence-corrected chi connectivity index (χ4v) is 5.47. The summed E-state index contributed by atoms with van der Waals surface area (Å²) in [4.78, 5) is 1.70. The zero-order valence-corrected chi connectivity index (χ0v) is 28.0. The molecule has 0 aliphatic carbocycles. The predicted molar refractivity (Wildman–Crippen MR) is 168 cm³/mol. The Balaban J connectivity index is 0.00000461. The number of benzene rings is 5. The van der Waals surface area contributed by atoms with Gasteiger partial charge in [0.15, 0.2) is 0 Å². The number of hydrogen-bond donors (Lipinski definition) is 2. The average Bonchev–Trinajstić information content (AvgIpc) is 3.01. The van der Waals surface area contributed by atoms with Crippen molar-refractivity contribution in [3.63, 3.8) is 0 Å². The van der Waals surface area contributed by atoms with Crippen LogP contribution in [0.2, 0.25) is 0 Å². The van der Waals surface area contributed by atoms with Crippen molar-refractivity contribution in [3.05, 3.63) is 115 Å². The van der Waals surface area contributed by atoms with Gasteiger partial charge in [0.25, 0.3) is 20.2 Å². The number of fused-ring (bicyclic) bond motifs is 1. The Hall–Kier alpha value is -3.82. The molecule has 5 aromatic carbocycles. The van der Waals surface area contributed by atoms with Crippen LogP contribution in [0.3, 0.4) is 0 Å². The Labute approximate surface area is 283 Å². The molecule has 0 bridgehead atoms. The smallest absolute Gasteiger partial charge is 0.367 e. The van der Waals surface area contributed by atoms with Crippen LogP contribution in [0, 0.1) is 0 Å². The van der Waals surface area contributed by atoms with Gasteiger partial charge in [0.2, 0.25) is 0 Å². The van der Waals surface area contributed by atoms with E-state index in [2.05, 4.69) is 25.4 Å². The van der Waals surface area contributed by atoms with Crippen molar-refractivity contribution in [1.29, 1.82) is 0 Å². The van der Waals surface area contributed by atoms with E-state index in [0.29, 0.717) is 30.2 Å². The molecule has 0 heterocycles. The van der Waals surface area contributed by atoms with E-state index in [1.54, 1.807) is 30.3 Å². The minimum atomic E-state index is -4.36. The van der Waals surface area contributed by atoms with Gasteiger partial charge in [-0.05, 0) is 79.2 Å². The quantitative estimate of drug-likeness (QED) is 0.119. The van der Waals surface area contributed by atoms with E-state index in [-0.39, 0.29) is 45.0 Å². The summed E-state index contributed by atoms with van der Waals surface area (Å²) in [6, 6.07) is 30.3. The van der Waals surface area contributed by atoms with Crippen LogP contribution in [0.25, 0.3) is 10.8 Å². The van der Waals surface area contributed by atoms with Gasteiger partial charge in [-0.2, -0.15) is 27.1 Å². The molecular weight excluding hydrogens is 625 g/mol. The van der Waals surface area contributed by atoms with Crippen molar-refractivity contribution in [2.75, 3.05) is 11.4 Å². The maximum Gasteiger partial charge on any atom is 1.00 e. The molecule has 5 rings (SSSR count). The second-order valence-corrected chi connectivity index (χ2v) is 12.5. The second kappa shape index (κ2) is 14.5. The average molecular weight is 653 g/mol. The van der Waals surface area contributed by atoms with Gasteiger partial charge in [-0.25, -0.2) is 0 Å². The van der Waals surface area contributed by atoms with Gasteiger partial charge in [-0.3, -0.25) is 9.11 Å². The third-order valence-corrected chi connectivity index (χ3v) is 8.45. The summed E-state index contributed by atoms with van der Waals surface area (Å²) in [6.07, 6.45) is 0. The third kappa shape index (κ3) is 8.67. The Morgan fingerprint density at radius 3 is 1.69 bits per heavy atom. The van der Waals surface area contributed by atoms with Crippen LogP contribution in [0.4, 0.5) is 28.4 Å². The molecule has 0 saturated carbocycles. The van der Waals surface area contributed by atoms with Crippen molar-refractivity contribution in [1.82, 2.24) is 0 Å². The molecule has 5 aromatic rings. The molecular formula is C31H27N5NaO6S2+. The second-order valence-electron chi connectivity index (χ2n) is 9.67. The number of anilines is 1. The van der Waals surface area contributed by atoms with Gasteiger partial charge >= 0.3 is 29.6 Å². The molecule has 0 aliphatic heterocycles. The summed E-state index contributed by atoms with van der Waals surface area (Å²) < 4.78 is 64.0. The maximum absolute atomic E-state index is 11.4. The molecule has 0 unspecified atom stereocenters. The van der Waals surface area contributed by atoms with Gasteiger partial charge in [-0.15, -0.1) is 10.2 Å². The molecule has 14 heteroatoms. The van der Waals surface area contributed by atoms with Gasteiger partial charge in [0, 0.05) is 29.5 Å². The molecule has 0 fully saturated rings. The van der Waals surface area contributed by atoms with Crippen LogP contribution in [0.15, 0.2) is 139 Å². The van der Waals surface area contributed by atoms with E-state index in [1.165, 1.54) is 30.3 Å². The molecule has 0 radical (unpaired) electrons. The molecule has 0 aromatic heterocycles. The van der Waals surface area contributed by atoms with Gasteiger partial charge in [-0.1, -0.05) is 42.5 Å². The van der Waals surface area contributed by atoms with E-state index in [4.69, 9.17) is 0 Å². The molecule has 2 N–H and O–H groups in total. The summed E-state index contributed by atoms with van der Waals surface area (Å²) >= 11 is 0. The van der Waals surface area contributed by atoms with Crippen LogP contribution in [0.1, 0.15) is 12.5 Å². The molecule has 0 aliphatic rings. The topological polar surface area (TPSA) is 161 Å². The Kier molecular flexibility index (Phi) is 11.0. The minimum absolute atomic E-state index is 0. The first-order valence-corrected chi connectivity index (χ1v) is 16.2. The first kappa shape index (κ1) is 34.1. The van der Waals surface area contributed by atoms with E-state index < -0.39 is 20.2 Å². The first-order valence-electron chi connectivity index (χ1n) is 13.4. The van der Waals surface area contributed by atoms with Crippen molar-refractivity contribution in [2.45, 2.75) is 23.3 Å². The van der Waals surface area contributed by atoms with Crippen LogP contribution in [0.5, 0.6) is 0 Å². The zero-order valence-electron chi connectivity index (χ0n) is 24.4. The Morgan fingerprint density at radius 2 is 1.16 bits per heavy atom. The largest absolute Gasteiger partial charge is 1.00 e. The Bertz CT molecular complexity index is 2090. The number of azo groups is 2. The summed E-state index contributed by atoms with van der Waals surface area (Å²) in [5.74, 6) is 0. The molecule has 11 nitrogen and oxygen atoms in total. The number of hydrogen-bond acceptors (Lipinski definition) is 9. The first-order chi connectivity index (χ1) is 21.0. The SMILES string of the molecule is CCN(Cc1ccc(S(=O)(=O)O)cc1)c1ccc(N=Nc2ccc(N=Nc3cccc(S(=O)(=O)O)c3)c3ccccc23)cc1.[Na+]. The summed E-state index contributed by atoms with van der Waals surface area (Å²) in [5.41, 5.74) is 3.94. The minimum Gasteiger partial charge on any atom is -0.367 e. The van der Waals surface area contributed by atoms with E-state index >= 15 is 0 Å². The zero-order chi connectivity index (χ0) is 31.3. The van der Waals surface area contributed by atoms with Crippen molar-refractivity contribution in [3.8, 4) is 0 Å². The van der Waals surface area contributed by atoms with E-state index in [0.717, 1.165) is 22.0 Å². The van der Waals surface area contributed by atoms with E-state index in [1.807, 2.05) is 55.5 Å². The van der Waals surface area contributed by atoms with Crippen LogP contribution in [-0.2, 0) is 26.8 Å². The fourth-order valence-electron chi connectivity index (χ4n) is 4.47. The van der Waals surface area contributed by atoms with Gasteiger partial charge < -0.3 is 4.90 Å². The van der Waals surface area contributed by atoms with Crippen LogP contribution >= 0.6 is 0 Å². The molecule has 45 heavy (non-hydrogen) atoms. The third-order valence-electron chi connectivity index (χ3n) is 6.73. The van der Waals surface area contributed by atoms with Crippen molar-refractivity contribution >= 4 is 59.4 Å². The van der Waals surface area contributed by atoms with E-state index in [9.17, 15) is 25.9 Å². The van der Waals surface area contributed by atoms with Crippen LogP contribution < -0.4 is 34.5 Å². The van der Waals surface area contributed by atoms with Gasteiger partial charge in [0.1, 0.15) is 0 Å². The van der Waals surface area contributed by atoms with Crippen molar-refractivity contribution < 1.29 is 55.5 Å².